The van der Waals surface area contributed by atoms with Crippen LogP contribution in [-0.4, -0.2) is 25.0 Å². The van der Waals surface area contributed by atoms with Crippen LogP contribution in [0.5, 0.6) is 0 Å². The van der Waals surface area contributed by atoms with Gasteiger partial charge < -0.3 is 10.6 Å². The summed E-state index contributed by atoms with van der Waals surface area (Å²) in [6, 6.07) is 0.388. The van der Waals surface area contributed by atoms with Crippen molar-refractivity contribution in [3.8, 4) is 0 Å². The van der Waals surface area contributed by atoms with Crippen molar-refractivity contribution in [2.75, 3.05) is 13.1 Å². The summed E-state index contributed by atoms with van der Waals surface area (Å²) >= 11 is 0. The molecule has 0 radical (unpaired) electrons. The molecule has 0 bridgehead atoms. The van der Waals surface area contributed by atoms with Crippen molar-refractivity contribution >= 4 is 18.3 Å². The van der Waals surface area contributed by atoms with Gasteiger partial charge in [0.15, 0.2) is 0 Å². The average Bonchev–Trinajstić information content (AvgIpc) is 2.84. The maximum Gasteiger partial charge on any atom is 0.223 e. The summed E-state index contributed by atoms with van der Waals surface area (Å²) in [6.45, 7) is 4.40. The number of hydrogen-bond donors (Lipinski definition) is 2. The van der Waals surface area contributed by atoms with E-state index in [0.29, 0.717) is 23.3 Å². The zero-order chi connectivity index (χ0) is 12.6. The first-order chi connectivity index (χ1) is 8.71. The third kappa shape index (κ3) is 3.08. The maximum absolute atomic E-state index is 12.3. The summed E-state index contributed by atoms with van der Waals surface area (Å²) in [7, 11) is 0. The quantitative estimate of drug-likeness (QED) is 0.837. The molecule has 2 unspecified atom stereocenters. The van der Waals surface area contributed by atoms with Gasteiger partial charge in [-0.05, 0) is 63.5 Å². The van der Waals surface area contributed by atoms with Gasteiger partial charge in [0.25, 0.3) is 0 Å². The van der Waals surface area contributed by atoms with E-state index in [-0.39, 0.29) is 12.4 Å². The van der Waals surface area contributed by atoms with E-state index in [1.807, 2.05) is 0 Å². The Bertz CT molecular complexity index is 322. The van der Waals surface area contributed by atoms with E-state index >= 15 is 0 Å². The van der Waals surface area contributed by atoms with Gasteiger partial charge in [0.2, 0.25) is 5.91 Å². The lowest BCUT2D eigenvalue weighted by atomic mass is 9.91. The molecule has 1 amide bonds. The lowest BCUT2D eigenvalue weighted by Crippen LogP contribution is -2.40. The highest BCUT2D eigenvalue weighted by Crippen LogP contribution is 2.58. The Labute approximate surface area is 122 Å². The van der Waals surface area contributed by atoms with E-state index in [1.165, 1.54) is 38.5 Å². The predicted octanol–water partition coefficient (Wildman–Crippen LogP) is 2.49. The fourth-order valence-corrected chi connectivity index (χ4v) is 4.10. The molecule has 3 nitrogen and oxygen atoms in total. The number of piperidine rings is 1. The minimum Gasteiger partial charge on any atom is -0.353 e. The molecule has 4 heteroatoms. The summed E-state index contributed by atoms with van der Waals surface area (Å²) < 4.78 is 0. The Morgan fingerprint density at radius 2 is 1.89 bits per heavy atom. The van der Waals surface area contributed by atoms with Crippen molar-refractivity contribution in [3.05, 3.63) is 0 Å². The fourth-order valence-electron chi connectivity index (χ4n) is 4.10. The van der Waals surface area contributed by atoms with E-state index in [1.54, 1.807) is 0 Å². The van der Waals surface area contributed by atoms with Gasteiger partial charge in [-0.15, -0.1) is 12.4 Å². The van der Waals surface area contributed by atoms with Crippen LogP contribution in [0.2, 0.25) is 0 Å². The van der Waals surface area contributed by atoms with Gasteiger partial charge in [-0.1, -0.05) is 12.8 Å². The monoisotopic (exact) mass is 286 g/mol. The number of halogens is 1. The molecule has 1 heterocycles. The zero-order valence-electron chi connectivity index (χ0n) is 11.9. The number of nitrogens with one attached hydrogen (secondary N) is 2. The molecule has 0 aromatic rings. The number of rotatable bonds is 3. The molecule has 0 aromatic carbocycles. The molecule has 1 aliphatic heterocycles. The summed E-state index contributed by atoms with van der Waals surface area (Å²) in [6.07, 6.45) is 8.85. The van der Waals surface area contributed by atoms with E-state index < -0.39 is 0 Å². The highest BCUT2D eigenvalue weighted by Gasteiger charge is 2.57. The Balaban J connectivity index is 0.00000133. The first kappa shape index (κ1) is 15.1. The van der Waals surface area contributed by atoms with Crippen LogP contribution < -0.4 is 10.6 Å². The smallest absolute Gasteiger partial charge is 0.223 e. The molecule has 3 fully saturated rings. The van der Waals surface area contributed by atoms with Gasteiger partial charge >= 0.3 is 0 Å². The standard InChI is InChI=1S/C15H26N2O.ClH/c1-11(12-4-2-3-5-12)17-14(18)13-10-15(13)6-8-16-9-7-15;/h11-13,16H,2-10H2,1H3,(H,17,18);1H. The van der Waals surface area contributed by atoms with Crippen molar-refractivity contribution in [3.63, 3.8) is 0 Å². The number of hydrogen-bond acceptors (Lipinski definition) is 2. The maximum atomic E-state index is 12.3. The second-order valence-corrected chi connectivity index (χ2v) is 6.71. The van der Waals surface area contributed by atoms with E-state index in [2.05, 4.69) is 17.6 Å². The zero-order valence-corrected chi connectivity index (χ0v) is 12.7. The topological polar surface area (TPSA) is 41.1 Å². The highest BCUT2D eigenvalue weighted by molar-refractivity contribution is 5.85. The first-order valence-electron chi connectivity index (χ1n) is 7.72. The Morgan fingerprint density at radius 3 is 2.53 bits per heavy atom. The Morgan fingerprint density at radius 1 is 1.26 bits per heavy atom. The summed E-state index contributed by atoms with van der Waals surface area (Å²) in [5.74, 6) is 1.40. The Kier molecular flexibility index (Phi) is 4.78. The molecule has 1 saturated heterocycles. The van der Waals surface area contributed by atoms with E-state index in [0.717, 1.165) is 25.4 Å². The summed E-state index contributed by atoms with van der Waals surface area (Å²) in [4.78, 5) is 12.3. The minimum atomic E-state index is 0. The first-order valence-corrected chi connectivity index (χ1v) is 7.72. The SMILES string of the molecule is CC(NC(=O)C1CC12CCNCC2)C1CCCC1.Cl. The molecule has 2 atom stereocenters. The molecule has 3 aliphatic rings. The third-order valence-electron chi connectivity index (χ3n) is 5.58. The highest BCUT2D eigenvalue weighted by atomic mass is 35.5. The van der Waals surface area contributed by atoms with Crippen LogP contribution >= 0.6 is 12.4 Å². The molecule has 19 heavy (non-hydrogen) atoms. The number of carbonyl (C=O) groups is 1. The molecule has 0 aromatic heterocycles. The van der Waals surface area contributed by atoms with Crippen LogP contribution in [0.1, 0.15) is 51.9 Å². The van der Waals surface area contributed by atoms with E-state index in [9.17, 15) is 4.79 Å². The van der Waals surface area contributed by atoms with Crippen molar-refractivity contribution in [2.45, 2.75) is 57.9 Å². The van der Waals surface area contributed by atoms with E-state index in [4.69, 9.17) is 0 Å². The van der Waals surface area contributed by atoms with Crippen LogP contribution in [0.15, 0.2) is 0 Å². The number of carbonyl (C=O) groups excluding carboxylic acids is 1. The molecular weight excluding hydrogens is 260 g/mol. The third-order valence-corrected chi connectivity index (χ3v) is 5.58. The fraction of sp³-hybridized carbons (Fsp3) is 0.933. The Hall–Kier alpha value is -0.280. The van der Waals surface area contributed by atoms with Gasteiger partial charge in [0.05, 0.1) is 0 Å². The molecule has 2 N–H and O–H groups in total. The van der Waals surface area contributed by atoms with Gasteiger partial charge in [-0.2, -0.15) is 0 Å². The van der Waals surface area contributed by atoms with Crippen molar-refractivity contribution < 1.29 is 4.79 Å². The molecule has 2 aliphatic carbocycles. The van der Waals surface area contributed by atoms with Gasteiger partial charge in [0.1, 0.15) is 0 Å². The summed E-state index contributed by atoms with van der Waals surface area (Å²) in [5.41, 5.74) is 0.380. The van der Waals surface area contributed by atoms with Crippen LogP contribution in [0.3, 0.4) is 0 Å². The molecule has 110 valence electrons. The van der Waals surface area contributed by atoms with Crippen LogP contribution in [0.25, 0.3) is 0 Å². The predicted molar refractivity (Wildman–Crippen MR) is 79.5 cm³/mol. The van der Waals surface area contributed by atoms with Crippen LogP contribution in [0.4, 0.5) is 0 Å². The van der Waals surface area contributed by atoms with Gasteiger partial charge in [0, 0.05) is 12.0 Å². The lowest BCUT2D eigenvalue weighted by molar-refractivity contribution is -0.124. The minimum absolute atomic E-state index is 0. The second-order valence-electron chi connectivity index (χ2n) is 6.71. The molecule has 2 saturated carbocycles. The van der Waals surface area contributed by atoms with Crippen LogP contribution in [0, 0.1) is 17.3 Å². The normalized spacial score (nSPS) is 30.7. The van der Waals surface area contributed by atoms with Crippen molar-refractivity contribution in [1.29, 1.82) is 0 Å². The lowest BCUT2D eigenvalue weighted by Gasteiger charge is -2.25. The van der Waals surface area contributed by atoms with Gasteiger partial charge in [-0.3, -0.25) is 4.79 Å². The van der Waals surface area contributed by atoms with Gasteiger partial charge in [-0.25, -0.2) is 0 Å². The van der Waals surface area contributed by atoms with Crippen molar-refractivity contribution in [2.24, 2.45) is 17.3 Å². The average molecular weight is 287 g/mol. The number of amides is 1. The largest absolute Gasteiger partial charge is 0.353 e. The second kappa shape index (κ2) is 6.01. The van der Waals surface area contributed by atoms with Crippen LogP contribution in [-0.2, 0) is 4.79 Å². The summed E-state index contributed by atoms with van der Waals surface area (Å²) in [5, 5.41) is 6.69. The van der Waals surface area contributed by atoms with Crippen molar-refractivity contribution in [1.82, 2.24) is 10.6 Å². The molecule has 3 rings (SSSR count). The molecule has 1 spiro atoms. The molecular formula is C15H27ClN2O.